The van der Waals surface area contributed by atoms with Gasteiger partial charge in [-0.25, -0.2) is 0 Å². The first kappa shape index (κ1) is 17.9. The zero-order valence-electron chi connectivity index (χ0n) is 14.0. The van der Waals surface area contributed by atoms with Crippen molar-refractivity contribution in [3.8, 4) is 5.75 Å². The fourth-order valence-electron chi connectivity index (χ4n) is 2.11. The monoisotopic (exact) mass is 342 g/mol. The molecule has 0 aliphatic heterocycles. The highest BCUT2D eigenvalue weighted by Crippen LogP contribution is 2.14. The minimum atomic E-state index is -0.264. The molecular formula is C19H22N2O2S. The molecule has 126 valence electrons. The molecule has 0 aliphatic rings. The molecule has 4 nitrogen and oxygen atoms in total. The molecule has 0 saturated carbocycles. The van der Waals surface area contributed by atoms with Gasteiger partial charge in [0.1, 0.15) is 5.75 Å². The lowest BCUT2D eigenvalue weighted by Gasteiger charge is -2.11. The summed E-state index contributed by atoms with van der Waals surface area (Å²) in [4.78, 5) is 12.3. The molecule has 0 heterocycles. The van der Waals surface area contributed by atoms with Gasteiger partial charge in [0.2, 0.25) is 0 Å². The molecule has 2 aromatic carbocycles. The quantitative estimate of drug-likeness (QED) is 0.774. The molecule has 0 fully saturated rings. The Morgan fingerprint density at radius 3 is 2.54 bits per heavy atom. The fourth-order valence-corrected chi connectivity index (χ4v) is 2.32. The number of carbonyl (C=O) groups excluding carboxylic acids is 1. The standard InChI is InChI=1S/C19H22N2O2S/c1-3-12-23-17-7-5-6-15(13-17)18(22)21-19(24)20-16-10-8-14(4-2)9-11-16/h5-11,13H,3-4,12H2,1-2H3,(H2,20,21,22,24). The third-order valence-electron chi connectivity index (χ3n) is 3.42. The van der Waals surface area contributed by atoms with Crippen LogP contribution in [0.3, 0.4) is 0 Å². The van der Waals surface area contributed by atoms with Crippen molar-refractivity contribution in [3.05, 3.63) is 59.7 Å². The van der Waals surface area contributed by atoms with Crippen molar-refractivity contribution in [2.45, 2.75) is 26.7 Å². The van der Waals surface area contributed by atoms with Crippen LogP contribution < -0.4 is 15.4 Å². The van der Waals surface area contributed by atoms with Gasteiger partial charge in [-0.05, 0) is 61.0 Å². The van der Waals surface area contributed by atoms with E-state index in [1.165, 1.54) is 5.56 Å². The van der Waals surface area contributed by atoms with Gasteiger partial charge in [0.25, 0.3) is 5.91 Å². The molecule has 0 unspecified atom stereocenters. The van der Waals surface area contributed by atoms with Gasteiger partial charge in [0, 0.05) is 11.3 Å². The Bertz CT molecular complexity index is 699. The van der Waals surface area contributed by atoms with Crippen molar-refractivity contribution in [1.29, 1.82) is 0 Å². The number of benzene rings is 2. The molecule has 2 N–H and O–H groups in total. The van der Waals surface area contributed by atoms with Crippen molar-refractivity contribution < 1.29 is 9.53 Å². The van der Waals surface area contributed by atoms with Crippen molar-refractivity contribution in [3.63, 3.8) is 0 Å². The molecule has 0 saturated heterocycles. The molecule has 2 rings (SSSR count). The Kier molecular flexibility index (Phi) is 6.75. The lowest BCUT2D eigenvalue weighted by atomic mass is 10.1. The average Bonchev–Trinajstić information content (AvgIpc) is 2.60. The smallest absolute Gasteiger partial charge is 0.257 e. The maximum Gasteiger partial charge on any atom is 0.257 e. The second kappa shape index (κ2) is 9.03. The minimum Gasteiger partial charge on any atom is -0.494 e. The number of nitrogens with one attached hydrogen (secondary N) is 2. The zero-order valence-corrected chi connectivity index (χ0v) is 14.8. The number of rotatable bonds is 6. The number of hydrogen-bond acceptors (Lipinski definition) is 3. The molecule has 2 aromatic rings. The topological polar surface area (TPSA) is 50.4 Å². The van der Waals surface area contributed by atoms with E-state index in [0.29, 0.717) is 17.9 Å². The van der Waals surface area contributed by atoms with Crippen LogP contribution in [0, 0.1) is 0 Å². The van der Waals surface area contributed by atoms with E-state index < -0.39 is 0 Å². The summed E-state index contributed by atoms with van der Waals surface area (Å²) in [5, 5.41) is 5.96. The van der Waals surface area contributed by atoms with Gasteiger partial charge >= 0.3 is 0 Å². The summed E-state index contributed by atoms with van der Waals surface area (Å²) in [6.07, 6.45) is 1.90. The number of amides is 1. The Morgan fingerprint density at radius 2 is 1.88 bits per heavy atom. The first-order valence-corrected chi connectivity index (χ1v) is 8.47. The molecule has 1 amide bonds. The van der Waals surface area contributed by atoms with Gasteiger partial charge in [-0.1, -0.05) is 32.0 Å². The molecule has 0 atom stereocenters. The summed E-state index contributed by atoms with van der Waals surface area (Å²) in [6.45, 7) is 4.76. The van der Waals surface area contributed by atoms with Crippen molar-refractivity contribution in [2.75, 3.05) is 11.9 Å². The summed E-state index contributed by atoms with van der Waals surface area (Å²) in [7, 11) is 0. The average molecular weight is 342 g/mol. The first-order chi connectivity index (χ1) is 11.6. The van der Waals surface area contributed by atoms with Crippen LogP contribution in [0.25, 0.3) is 0 Å². The van der Waals surface area contributed by atoms with Crippen LogP contribution in [0.4, 0.5) is 5.69 Å². The van der Waals surface area contributed by atoms with Crippen LogP contribution in [0.1, 0.15) is 36.2 Å². The number of ether oxygens (including phenoxy) is 1. The largest absolute Gasteiger partial charge is 0.494 e. The van der Waals surface area contributed by atoms with Gasteiger partial charge in [0.15, 0.2) is 5.11 Å². The molecule has 0 spiro atoms. The molecule has 24 heavy (non-hydrogen) atoms. The van der Waals surface area contributed by atoms with Crippen molar-refractivity contribution >= 4 is 28.9 Å². The third-order valence-corrected chi connectivity index (χ3v) is 3.62. The Balaban J connectivity index is 1.94. The van der Waals surface area contributed by atoms with Crippen LogP contribution in [0.2, 0.25) is 0 Å². The zero-order chi connectivity index (χ0) is 17.4. The van der Waals surface area contributed by atoms with E-state index in [0.717, 1.165) is 18.5 Å². The Labute approximate surface area is 148 Å². The second-order valence-corrected chi connectivity index (χ2v) is 5.74. The van der Waals surface area contributed by atoms with E-state index in [2.05, 4.69) is 17.6 Å². The summed E-state index contributed by atoms with van der Waals surface area (Å²) < 4.78 is 5.54. The lowest BCUT2D eigenvalue weighted by molar-refractivity contribution is 0.0977. The Hall–Kier alpha value is -2.40. The van der Waals surface area contributed by atoms with E-state index in [9.17, 15) is 4.79 Å². The minimum absolute atomic E-state index is 0.264. The summed E-state index contributed by atoms with van der Waals surface area (Å²) in [5.74, 6) is 0.415. The van der Waals surface area contributed by atoms with Crippen LogP contribution >= 0.6 is 12.2 Å². The number of aryl methyl sites for hydroxylation is 1. The van der Waals surface area contributed by atoms with Gasteiger partial charge in [-0.15, -0.1) is 0 Å². The molecule has 0 aliphatic carbocycles. The molecule has 0 aromatic heterocycles. The van der Waals surface area contributed by atoms with E-state index in [1.807, 2.05) is 37.3 Å². The van der Waals surface area contributed by atoms with Crippen LogP contribution in [-0.2, 0) is 6.42 Å². The van der Waals surface area contributed by atoms with E-state index in [-0.39, 0.29) is 11.0 Å². The molecule has 0 bridgehead atoms. The van der Waals surface area contributed by atoms with Gasteiger partial charge in [0.05, 0.1) is 6.61 Å². The van der Waals surface area contributed by atoms with E-state index >= 15 is 0 Å². The highest BCUT2D eigenvalue weighted by molar-refractivity contribution is 7.80. The second-order valence-electron chi connectivity index (χ2n) is 5.34. The third kappa shape index (κ3) is 5.35. The highest BCUT2D eigenvalue weighted by Gasteiger charge is 2.09. The molecule has 5 heteroatoms. The van der Waals surface area contributed by atoms with Gasteiger partial charge in [-0.3, -0.25) is 10.1 Å². The summed E-state index contributed by atoms with van der Waals surface area (Å²) in [6, 6.07) is 15.0. The van der Waals surface area contributed by atoms with Crippen LogP contribution in [-0.4, -0.2) is 17.6 Å². The molecule has 0 radical (unpaired) electrons. The molecular weight excluding hydrogens is 320 g/mol. The normalized spacial score (nSPS) is 10.1. The maximum atomic E-state index is 12.3. The highest BCUT2D eigenvalue weighted by atomic mass is 32.1. The van der Waals surface area contributed by atoms with Crippen molar-refractivity contribution in [2.24, 2.45) is 0 Å². The number of hydrogen-bond donors (Lipinski definition) is 2. The first-order valence-electron chi connectivity index (χ1n) is 8.06. The van der Waals surface area contributed by atoms with Gasteiger partial charge < -0.3 is 10.1 Å². The predicted molar refractivity (Wildman–Crippen MR) is 102 cm³/mol. The number of anilines is 1. The van der Waals surface area contributed by atoms with E-state index in [1.54, 1.807) is 18.2 Å². The van der Waals surface area contributed by atoms with Gasteiger partial charge in [-0.2, -0.15) is 0 Å². The van der Waals surface area contributed by atoms with Crippen molar-refractivity contribution in [1.82, 2.24) is 5.32 Å². The Morgan fingerprint density at radius 1 is 1.12 bits per heavy atom. The van der Waals surface area contributed by atoms with Crippen LogP contribution in [0.15, 0.2) is 48.5 Å². The number of thiocarbonyl (C=S) groups is 1. The fraction of sp³-hybridized carbons (Fsp3) is 0.263. The van der Waals surface area contributed by atoms with Crippen LogP contribution in [0.5, 0.6) is 5.75 Å². The number of carbonyl (C=O) groups is 1. The maximum absolute atomic E-state index is 12.3. The summed E-state index contributed by atoms with van der Waals surface area (Å²) in [5.41, 5.74) is 2.60. The SMILES string of the molecule is CCCOc1cccc(C(=O)NC(=S)Nc2ccc(CC)cc2)c1. The lowest BCUT2D eigenvalue weighted by Crippen LogP contribution is -2.34. The van der Waals surface area contributed by atoms with E-state index in [4.69, 9.17) is 17.0 Å². The summed E-state index contributed by atoms with van der Waals surface area (Å²) >= 11 is 5.20. The predicted octanol–water partition coefficient (Wildman–Crippen LogP) is 4.16.